The molecule has 0 atom stereocenters. The number of nitrogens with one attached hydrogen (secondary N) is 1. The molecule has 1 amide bonds. The largest absolute Gasteiger partial charge is 0.307 e. The molecule has 0 saturated carbocycles. The maximum atomic E-state index is 12.2. The fourth-order valence-electron chi connectivity index (χ4n) is 2.08. The SMILES string of the molecule is O=C(Nc1ccnn1Cc1c(Cl)cccc1Cl)c1cccnc1. The number of rotatable bonds is 4. The summed E-state index contributed by atoms with van der Waals surface area (Å²) in [5.41, 5.74) is 1.22. The minimum absolute atomic E-state index is 0.259. The smallest absolute Gasteiger partial charge is 0.258 e. The molecule has 0 unspecified atom stereocenters. The second-order valence-corrected chi connectivity index (χ2v) is 5.58. The highest BCUT2D eigenvalue weighted by Gasteiger charge is 2.12. The number of hydrogen-bond donors (Lipinski definition) is 1. The van der Waals surface area contributed by atoms with Crippen molar-refractivity contribution in [3.05, 3.63) is 76.2 Å². The number of anilines is 1. The first-order chi connectivity index (χ1) is 11.1. The maximum absolute atomic E-state index is 12.2. The van der Waals surface area contributed by atoms with Crippen molar-refractivity contribution < 1.29 is 4.79 Å². The lowest BCUT2D eigenvalue weighted by atomic mass is 10.2. The summed E-state index contributed by atoms with van der Waals surface area (Å²) >= 11 is 12.4. The molecule has 0 fully saturated rings. The van der Waals surface area contributed by atoms with E-state index in [2.05, 4.69) is 15.4 Å². The Morgan fingerprint density at radius 1 is 1.09 bits per heavy atom. The molecule has 2 aromatic heterocycles. The van der Waals surface area contributed by atoms with Crippen LogP contribution in [0.4, 0.5) is 5.82 Å². The fraction of sp³-hybridized carbons (Fsp3) is 0.0625. The number of amides is 1. The van der Waals surface area contributed by atoms with Gasteiger partial charge in [0.25, 0.3) is 5.91 Å². The summed E-state index contributed by atoms with van der Waals surface area (Å²) in [6.45, 7) is 0.355. The standard InChI is InChI=1S/C16H12Cl2N4O/c17-13-4-1-5-14(18)12(13)10-22-15(6-8-20-22)21-16(23)11-3-2-7-19-9-11/h1-9H,10H2,(H,21,23). The molecule has 5 nitrogen and oxygen atoms in total. The van der Waals surface area contributed by atoms with Gasteiger partial charge in [-0.3, -0.25) is 9.78 Å². The second kappa shape index (κ2) is 6.81. The number of carbonyl (C=O) groups excluding carboxylic acids is 1. The average Bonchev–Trinajstić information content (AvgIpc) is 2.99. The quantitative estimate of drug-likeness (QED) is 0.779. The highest BCUT2D eigenvalue weighted by atomic mass is 35.5. The van der Waals surface area contributed by atoms with Gasteiger partial charge >= 0.3 is 0 Å². The zero-order valence-electron chi connectivity index (χ0n) is 11.9. The molecule has 0 aliphatic heterocycles. The van der Waals surface area contributed by atoms with Crippen molar-refractivity contribution in [2.45, 2.75) is 6.54 Å². The Hall–Kier alpha value is -2.37. The van der Waals surface area contributed by atoms with E-state index in [1.165, 1.54) is 6.20 Å². The van der Waals surface area contributed by atoms with Crippen LogP contribution in [-0.2, 0) is 6.54 Å². The van der Waals surface area contributed by atoms with Gasteiger partial charge in [0.1, 0.15) is 5.82 Å². The van der Waals surface area contributed by atoms with E-state index in [1.54, 1.807) is 53.5 Å². The van der Waals surface area contributed by atoms with Crippen LogP contribution in [0.5, 0.6) is 0 Å². The number of carbonyl (C=O) groups is 1. The Balaban J connectivity index is 1.82. The van der Waals surface area contributed by atoms with E-state index >= 15 is 0 Å². The van der Waals surface area contributed by atoms with Crippen molar-refractivity contribution in [2.75, 3.05) is 5.32 Å². The van der Waals surface area contributed by atoms with Gasteiger partial charge in [-0.05, 0) is 24.3 Å². The third kappa shape index (κ3) is 3.52. The van der Waals surface area contributed by atoms with E-state index in [-0.39, 0.29) is 5.91 Å². The van der Waals surface area contributed by atoms with E-state index in [9.17, 15) is 4.79 Å². The van der Waals surface area contributed by atoms with Crippen LogP contribution in [0.15, 0.2) is 55.0 Å². The van der Waals surface area contributed by atoms with Gasteiger partial charge in [-0.25, -0.2) is 4.68 Å². The Labute approximate surface area is 142 Å². The number of hydrogen-bond acceptors (Lipinski definition) is 3. The summed E-state index contributed by atoms with van der Waals surface area (Å²) in [7, 11) is 0. The van der Waals surface area contributed by atoms with Gasteiger partial charge in [-0.15, -0.1) is 0 Å². The van der Waals surface area contributed by atoms with Crippen LogP contribution in [0.25, 0.3) is 0 Å². The number of aromatic nitrogens is 3. The molecule has 2 heterocycles. The number of benzene rings is 1. The molecule has 116 valence electrons. The van der Waals surface area contributed by atoms with Crippen molar-refractivity contribution in [2.24, 2.45) is 0 Å². The highest BCUT2D eigenvalue weighted by molar-refractivity contribution is 6.36. The molecular formula is C16H12Cl2N4O. The van der Waals surface area contributed by atoms with Crippen LogP contribution >= 0.6 is 23.2 Å². The minimum atomic E-state index is -0.259. The third-order valence-electron chi connectivity index (χ3n) is 3.25. The lowest BCUT2D eigenvalue weighted by Crippen LogP contribution is -2.16. The normalized spacial score (nSPS) is 10.5. The molecule has 1 N–H and O–H groups in total. The van der Waals surface area contributed by atoms with Gasteiger partial charge in [0, 0.05) is 34.1 Å². The molecular weight excluding hydrogens is 335 g/mol. The highest BCUT2D eigenvalue weighted by Crippen LogP contribution is 2.26. The summed E-state index contributed by atoms with van der Waals surface area (Å²) in [4.78, 5) is 16.1. The van der Waals surface area contributed by atoms with Crippen molar-refractivity contribution in [1.29, 1.82) is 0 Å². The van der Waals surface area contributed by atoms with Gasteiger partial charge in [0.05, 0.1) is 18.3 Å². The molecule has 3 aromatic rings. The van der Waals surface area contributed by atoms with Crippen LogP contribution in [-0.4, -0.2) is 20.7 Å². The van der Waals surface area contributed by atoms with E-state index in [1.807, 2.05) is 0 Å². The van der Waals surface area contributed by atoms with E-state index in [0.717, 1.165) is 5.56 Å². The summed E-state index contributed by atoms with van der Waals surface area (Å²) < 4.78 is 1.63. The zero-order valence-corrected chi connectivity index (χ0v) is 13.4. The number of pyridine rings is 1. The maximum Gasteiger partial charge on any atom is 0.258 e. The third-order valence-corrected chi connectivity index (χ3v) is 3.96. The van der Waals surface area contributed by atoms with Gasteiger partial charge in [0.2, 0.25) is 0 Å². The van der Waals surface area contributed by atoms with Crippen LogP contribution in [0.3, 0.4) is 0 Å². The molecule has 0 radical (unpaired) electrons. The van der Waals surface area contributed by atoms with Crippen molar-refractivity contribution in [1.82, 2.24) is 14.8 Å². The Kier molecular flexibility index (Phi) is 4.60. The summed E-state index contributed by atoms with van der Waals surface area (Å²) in [6, 6.07) is 10.4. The summed E-state index contributed by atoms with van der Waals surface area (Å²) in [6.07, 6.45) is 4.71. The Morgan fingerprint density at radius 3 is 2.57 bits per heavy atom. The van der Waals surface area contributed by atoms with Crippen LogP contribution in [0, 0.1) is 0 Å². The van der Waals surface area contributed by atoms with Crippen LogP contribution in [0.1, 0.15) is 15.9 Å². The number of nitrogens with zero attached hydrogens (tertiary/aromatic N) is 3. The first-order valence-corrected chi connectivity index (χ1v) is 7.57. The molecule has 0 spiro atoms. The van der Waals surface area contributed by atoms with E-state index in [4.69, 9.17) is 23.2 Å². The average molecular weight is 347 g/mol. The molecule has 0 aliphatic rings. The summed E-state index contributed by atoms with van der Waals surface area (Å²) in [5, 5.41) is 8.12. The van der Waals surface area contributed by atoms with Crippen LogP contribution in [0.2, 0.25) is 10.0 Å². The number of halogens is 2. The van der Waals surface area contributed by atoms with Gasteiger partial charge in [-0.2, -0.15) is 5.10 Å². The Bertz CT molecular complexity index is 813. The first-order valence-electron chi connectivity index (χ1n) is 6.81. The Morgan fingerprint density at radius 2 is 1.87 bits per heavy atom. The lowest BCUT2D eigenvalue weighted by Gasteiger charge is -2.11. The lowest BCUT2D eigenvalue weighted by molar-refractivity contribution is 0.102. The van der Waals surface area contributed by atoms with Crippen LogP contribution < -0.4 is 5.32 Å². The molecule has 7 heteroatoms. The fourth-order valence-corrected chi connectivity index (χ4v) is 2.60. The molecule has 0 bridgehead atoms. The summed E-state index contributed by atoms with van der Waals surface area (Å²) in [5.74, 6) is 0.292. The predicted octanol–water partition coefficient (Wildman–Crippen LogP) is 3.89. The zero-order chi connectivity index (χ0) is 16.2. The molecule has 0 saturated heterocycles. The second-order valence-electron chi connectivity index (χ2n) is 4.77. The monoisotopic (exact) mass is 346 g/mol. The van der Waals surface area contributed by atoms with Crippen molar-refractivity contribution >= 4 is 34.9 Å². The van der Waals surface area contributed by atoms with Gasteiger partial charge < -0.3 is 5.32 Å². The minimum Gasteiger partial charge on any atom is -0.307 e. The van der Waals surface area contributed by atoms with Crippen molar-refractivity contribution in [3.63, 3.8) is 0 Å². The molecule has 1 aromatic carbocycles. The van der Waals surface area contributed by atoms with Crippen molar-refractivity contribution in [3.8, 4) is 0 Å². The molecule has 0 aliphatic carbocycles. The van der Waals surface area contributed by atoms with E-state index < -0.39 is 0 Å². The molecule has 23 heavy (non-hydrogen) atoms. The first kappa shape index (κ1) is 15.5. The topological polar surface area (TPSA) is 59.8 Å². The predicted molar refractivity (Wildman–Crippen MR) is 90.0 cm³/mol. The van der Waals surface area contributed by atoms with Gasteiger partial charge in [0.15, 0.2) is 0 Å². The molecule has 3 rings (SSSR count). The van der Waals surface area contributed by atoms with Gasteiger partial charge in [-0.1, -0.05) is 29.3 Å². The van der Waals surface area contributed by atoms with E-state index in [0.29, 0.717) is 28.0 Å².